The van der Waals surface area contributed by atoms with Crippen molar-refractivity contribution in [1.82, 2.24) is 10.2 Å². The molecule has 3 rings (SSSR count). The van der Waals surface area contributed by atoms with Gasteiger partial charge in [0.1, 0.15) is 0 Å². The number of para-hydroxylation sites is 1. The van der Waals surface area contributed by atoms with E-state index in [1.165, 1.54) is 4.90 Å². The van der Waals surface area contributed by atoms with Crippen LogP contribution in [0.1, 0.15) is 51.1 Å². The number of nitrogens with zero attached hydrogens (tertiary/aromatic N) is 2. The number of nitrogens with two attached hydrogens (primary N) is 1. The van der Waals surface area contributed by atoms with Crippen LogP contribution in [-0.2, 0) is 19.1 Å². The van der Waals surface area contributed by atoms with E-state index < -0.39 is 24.3 Å². The zero-order chi connectivity index (χ0) is 25.8. The number of alkyl halides is 3. The Morgan fingerprint density at radius 2 is 1.89 bits per heavy atom. The lowest BCUT2D eigenvalue weighted by Crippen LogP contribution is -2.49. The molecule has 3 N–H and O–H groups in total. The van der Waals surface area contributed by atoms with Gasteiger partial charge < -0.3 is 19.9 Å². The van der Waals surface area contributed by atoms with Crippen molar-refractivity contribution in [3.8, 4) is 11.8 Å². The van der Waals surface area contributed by atoms with Gasteiger partial charge in [-0.1, -0.05) is 25.1 Å². The minimum Gasteiger partial charge on any atom is -0.429 e. The Bertz CT molecular complexity index is 1010. The van der Waals surface area contributed by atoms with Crippen LogP contribution in [0.2, 0.25) is 0 Å². The van der Waals surface area contributed by atoms with E-state index in [0.717, 1.165) is 17.7 Å². The Kier molecular flexibility index (Phi) is 8.40. The van der Waals surface area contributed by atoms with Crippen LogP contribution < -0.4 is 16.0 Å². The molecular formula is C24H29F3N4O4. The number of likely N-dealkylation sites (tertiary alicyclic amines) is 1. The first kappa shape index (κ1) is 26.5. The minimum absolute atomic E-state index is 0.0439. The Hall–Kier alpha value is -3.10. The molecule has 3 atom stereocenters. The largest absolute Gasteiger partial charge is 0.491 e. The fourth-order valence-corrected chi connectivity index (χ4v) is 4.48. The topological polar surface area (TPSA) is 105 Å². The van der Waals surface area contributed by atoms with Gasteiger partial charge in [-0.05, 0) is 43.7 Å². The second kappa shape index (κ2) is 11.1. The average molecular weight is 495 g/mol. The summed E-state index contributed by atoms with van der Waals surface area (Å²) >= 11 is 0. The number of esters is 1. The molecule has 0 aromatic heterocycles. The number of rotatable bonds is 4. The summed E-state index contributed by atoms with van der Waals surface area (Å²) in [4.78, 5) is 38.9. The van der Waals surface area contributed by atoms with Crippen molar-refractivity contribution in [2.24, 2.45) is 5.73 Å². The number of ether oxygens (including phenoxy) is 1. The van der Waals surface area contributed by atoms with Crippen molar-refractivity contribution >= 4 is 23.5 Å². The van der Waals surface area contributed by atoms with Gasteiger partial charge in [-0.3, -0.25) is 15.3 Å². The molecule has 1 unspecified atom stereocenters. The maximum absolute atomic E-state index is 12.5. The number of carbonyl (C=O) groups excluding carboxylic acids is 3. The summed E-state index contributed by atoms with van der Waals surface area (Å²) in [5.41, 5.74) is 7.23. The smallest absolute Gasteiger partial charge is 0.429 e. The number of nitrogens with one attached hydrogen (secondary N) is 1. The summed E-state index contributed by atoms with van der Waals surface area (Å²) in [6.45, 7) is 4.71. The van der Waals surface area contributed by atoms with Gasteiger partial charge in [-0.25, -0.2) is 4.79 Å². The van der Waals surface area contributed by atoms with Gasteiger partial charge >= 0.3 is 12.1 Å². The van der Waals surface area contributed by atoms with Crippen molar-refractivity contribution in [3.05, 3.63) is 29.8 Å². The van der Waals surface area contributed by atoms with Gasteiger partial charge in [0.25, 0.3) is 5.91 Å². The van der Waals surface area contributed by atoms with Crippen LogP contribution in [0.5, 0.6) is 0 Å². The molecule has 2 aliphatic heterocycles. The van der Waals surface area contributed by atoms with E-state index in [0.29, 0.717) is 32.4 Å². The van der Waals surface area contributed by atoms with Gasteiger partial charge in [-0.2, -0.15) is 13.2 Å². The highest BCUT2D eigenvalue weighted by Gasteiger charge is 2.42. The van der Waals surface area contributed by atoms with Crippen LogP contribution >= 0.6 is 0 Å². The average Bonchev–Trinajstić information content (AvgIpc) is 2.82. The van der Waals surface area contributed by atoms with E-state index in [2.05, 4.69) is 16.0 Å². The molecule has 190 valence electrons. The van der Waals surface area contributed by atoms with Gasteiger partial charge in [0.05, 0.1) is 0 Å². The maximum atomic E-state index is 12.5. The number of anilines is 1. The van der Waals surface area contributed by atoms with Crippen LogP contribution in [0, 0.1) is 11.8 Å². The summed E-state index contributed by atoms with van der Waals surface area (Å²) in [7, 11) is 0. The molecule has 1 aromatic carbocycles. The number of hydrogen-bond donors (Lipinski definition) is 2. The lowest BCUT2D eigenvalue weighted by molar-refractivity contribution is -0.202. The van der Waals surface area contributed by atoms with E-state index in [1.54, 1.807) is 0 Å². The molecule has 2 amide bonds. The first-order valence-electron chi connectivity index (χ1n) is 11.5. The second-order valence-corrected chi connectivity index (χ2v) is 8.64. The first-order chi connectivity index (χ1) is 16.5. The zero-order valence-electron chi connectivity index (χ0n) is 19.6. The van der Waals surface area contributed by atoms with Crippen LogP contribution in [0.4, 0.5) is 18.9 Å². The third kappa shape index (κ3) is 6.52. The van der Waals surface area contributed by atoms with Gasteiger partial charge in [-0.15, -0.1) is 0 Å². The number of piperidine rings is 1. The molecule has 1 aromatic rings. The molecule has 11 heteroatoms. The molecule has 1 saturated heterocycles. The summed E-state index contributed by atoms with van der Waals surface area (Å²) in [6.07, 6.45) is -4.51. The predicted octanol–water partition coefficient (Wildman–Crippen LogP) is 2.24. The molecule has 0 radical (unpaired) electrons. The van der Waals surface area contributed by atoms with Crippen molar-refractivity contribution in [1.29, 1.82) is 0 Å². The molecule has 2 aliphatic rings. The van der Waals surface area contributed by atoms with Crippen LogP contribution in [0.25, 0.3) is 0 Å². The number of carbonyl (C=O) groups is 3. The predicted molar refractivity (Wildman–Crippen MR) is 122 cm³/mol. The van der Waals surface area contributed by atoms with Crippen LogP contribution in [0.3, 0.4) is 0 Å². The lowest BCUT2D eigenvalue weighted by Gasteiger charge is -2.42. The number of amides is 2. The minimum atomic E-state index is -5.18. The summed E-state index contributed by atoms with van der Waals surface area (Å²) in [5.74, 6) is 1.23. The van der Waals surface area contributed by atoms with Crippen LogP contribution in [-0.4, -0.2) is 60.3 Å². The molecule has 8 nitrogen and oxygen atoms in total. The van der Waals surface area contributed by atoms with Crippen molar-refractivity contribution in [3.63, 3.8) is 0 Å². The van der Waals surface area contributed by atoms with E-state index in [-0.39, 0.29) is 24.0 Å². The molecule has 35 heavy (non-hydrogen) atoms. The lowest BCUT2D eigenvalue weighted by atomic mass is 9.90. The SMILES string of the molecule is CCC(=O)N1c2ccccc2[C@H](NC2CCN(C(=O)C#CC(N)OC(=O)C(F)(F)F)CC2)C[C@@H]1C. The first-order valence-corrected chi connectivity index (χ1v) is 11.5. The zero-order valence-corrected chi connectivity index (χ0v) is 19.6. The Balaban J connectivity index is 1.56. The van der Waals surface area contributed by atoms with Crippen LogP contribution in [0.15, 0.2) is 24.3 Å². The standard InChI is InChI=1S/C24H29F3N4O4/c1-3-21(32)31-15(2)14-18(17-6-4-5-7-19(17)31)29-16-10-12-30(13-11-16)22(33)9-8-20(28)35-23(34)24(25,26)27/h4-7,15-16,18,20,29H,3,10-14,28H2,1-2H3/t15-,18+,20?/m0/s1. The van der Waals surface area contributed by atoms with Gasteiger partial charge in [0, 0.05) is 49.2 Å². The monoisotopic (exact) mass is 494 g/mol. The molecule has 0 aliphatic carbocycles. The quantitative estimate of drug-likeness (QED) is 0.378. The van der Waals surface area contributed by atoms with E-state index in [1.807, 2.05) is 48.9 Å². The normalized spacial score (nSPS) is 21.4. The van der Waals surface area contributed by atoms with Gasteiger partial charge in [0.2, 0.25) is 12.1 Å². The van der Waals surface area contributed by atoms with Crippen molar-refractivity contribution < 1.29 is 32.3 Å². The Morgan fingerprint density at radius 3 is 2.51 bits per heavy atom. The second-order valence-electron chi connectivity index (χ2n) is 8.64. The van der Waals surface area contributed by atoms with E-state index >= 15 is 0 Å². The third-order valence-electron chi connectivity index (χ3n) is 6.17. The third-order valence-corrected chi connectivity index (χ3v) is 6.17. The summed E-state index contributed by atoms with van der Waals surface area (Å²) in [5, 5.41) is 3.67. The Morgan fingerprint density at radius 1 is 1.23 bits per heavy atom. The molecule has 0 spiro atoms. The molecular weight excluding hydrogens is 465 g/mol. The summed E-state index contributed by atoms with van der Waals surface area (Å²) < 4.78 is 40.6. The number of halogens is 3. The van der Waals surface area contributed by atoms with E-state index in [4.69, 9.17) is 5.73 Å². The molecule has 1 fully saturated rings. The fourth-order valence-electron chi connectivity index (χ4n) is 4.48. The molecule has 2 heterocycles. The van der Waals surface area contributed by atoms with Crippen molar-refractivity contribution in [2.75, 3.05) is 18.0 Å². The highest BCUT2D eigenvalue weighted by molar-refractivity contribution is 5.95. The Labute approximate surface area is 201 Å². The highest BCUT2D eigenvalue weighted by Crippen LogP contribution is 2.38. The molecule has 0 bridgehead atoms. The highest BCUT2D eigenvalue weighted by atomic mass is 19.4. The summed E-state index contributed by atoms with van der Waals surface area (Å²) in [6, 6.07) is 8.11. The molecule has 0 saturated carbocycles. The number of hydrogen-bond acceptors (Lipinski definition) is 6. The number of benzene rings is 1. The van der Waals surface area contributed by atoms with E-state index in [9.17, 15) is 27.6 Å². The number of fused-ring (bicyclic) bond motifs is 1. The maximum Gasteiger partial charge on any atom is 0.491 e. The van der Waals surface area contributed by atoms with Crippen molar-refractivity contribution in [2.45, 2.75) is 70.1 Å². The fraction of sp³-hybridized carbons (Fsp3) is 0.542. The van der Waals surface area contributed by atoms with Gasteiger partial charge in [0.15, 0.2) is 0 Å².